The van der Waals surface area contributed by atoms with Crippen molar-refractivity contribution in [3.05, 3.63) is 69.4 Å². The molecule has 1 amide bonds. The molecule has 13 heteroatoms. The van der Waals surface area contributed by atoms with Crippen LogP contribution in [0.3, 0.4) is 0 Å². The fourth-order valence-electron chi connectivity index (χ4n) is 6.14. The molecule has 240 valence electrons. The SMILES string of the molecule is CC(C)C(=O)OCCS(=O)(=O)NC(=O)c1ccc(N2C[C@@H]3C[C@H]2C[C@H]3OCc2c(-c3c(Cl)cccc3Cl)noc2C2CC2)cc1. The van der Waals surface area contributed by atoms with E-state index >= 15 is 0 Å². The molecule has 6 rings (SSSR count). The predicted octanol–water partition coefficient (Wildman–Crippen LogP) is 5.97. The van der Waals surface area contributed by atoms with Gasteiger partial charge in [0.25, 0.3) is 5.91 Å². The van der Waals surface area contributed by atoms with E-state index in [1.807, 2.05) is 16.9 Å². The topological polar surface area (TPSA) is 128 Å². The standard InChI is InChI=1S/C32H35Cl2N3O7S/c1-18(2)32(39)42-12-13-45(40,41)36-31(38)20-8-10-22(11-9-20)37-16-21-14-23(37)15-27(21)43-17-24-29(35-44-30(24)19-6-7-19)28-25(33)4-3-5-26(28)34/h3-5,8-11,18-19,21,23,27H,6-7,12-17H2,1-2H3,(H,36,38)/t21-,23-,27+/m0/s1. The number of anilines is 1. The number of piperidine rings is 1. The van der Waals surface area contributed by atoms with Gasteiger partial charge in [-0.3, -0.25) is 9.59 Å². The van der Waals surface area contributed by atoms with Gasteiger partial charge in [-0.05, 0) is 62.1 Å². The molecular weight excluding hydrogens is 641 g/mol. The number of ether oxygens (including phenoxy) is 2. The Balaban J connectivity index is 1.04. The number of carbonyl (C=O) groups excluding carboxylic acids is 2. The lowest BCUT2D eigenvalue weighted by molar-refractivity contribution is -0.146. The number of hydrogen-bond acceptors (Lipinski definition) is 9. The second-order valence-electron chi connectivity index (χ2n) is 12.3. The molecule has 2 saturated carbocycles. The Morgan fingerprint density at radius 3 is 2.42 bits per heavy atom. The molecule has 2 heterocycles. The maximum Gasteiger partial charge on any atom is 0.308 e. The van der Waals surface area contributed by atoms with Gasteiger partial charge in [0.05, 0.1) is 28.7 Å². The van der Waals surface area contributed by atoms with E-state index < -0.39 is 27.7 Å². The number of aromatic nitrogens is 1. The van der Waals surface area contributed by atoms with Gasteiger partial charge in [-0.15, -0.1) is 0 Å². The Labute approximate surface area is 272 Å². The predicted molar refractivity (Wildman–Crippen MR) is 170 cm³/mol. The number of benzene rings is 2. The first-order chi connectivity index (χ1) is 21.5. The monoisotopic (exact) mass is 675 g/mol. The summed E-state index contributed by atoms with van der Waals surface area (Å²) in [5.41, 5.74) is 3.41. The molecule has 2 bridgehead atoms. The van der Waals surface area contributed by atoms with Crippen LogP contribution in [0.15, 0.2) is 47.0 Å². The van der Waals surface area contributed by atoms with Crippen LogP contribution in [0, 0.1) is 11.8 Å². The quantitative estimate of drug-likeness (QED) is 0.231. The van der Waals surface area contributed by atoms with Gasteiger partial charge in [-0.1, -0.05) is 48.3 Å². The van der Waals surface area contributed by atoms with E-state index in [0.29, 0.717) is 39.7 Å². The molecule has 1 aromatic heterocycles. The smallest absolute Gasteiger partial charge is 0.308 e. The normalized spacial score (nSPS) is 21.0. The lowest BCUT2D eigenvalue weighted by atomic mass is 10.0. The largest absolute Gasteiger partial charge is 0.464 e. The van der Waals surface area contributed by atoms with Crippen LogP contribution in [-0.4, -0.2) is 56.5 Å². The first-order valence-electron chi connectivity index (χ1n) is 15.1. The van der Waals surface area contributed by atoms with Crippen molar-refractivity contribution in [3.8, 4) is 11.3 Å². The number of carbonyl (C=O) groups is 2. The van der Waals surface area contributed by atoms with E-state index in [0.717, 1.165) is 49.2 Å². The third kappa shape index (κ3) is 7.01. The summed E-state index contributed by atoms with van der Waals surface area (Å²) in [6.07, 6.45) is 4.06. The van der Waals surface area contributed by atoms with Crippen LogP contribution < -0.4 is 9.62 Å². The fourth-order valence-corrected chi connectivity index (χ4v) is 7.52. The van der Waals surface area contributed by atoms with Crippen molar-refractivity contribution in [1.29, 1.82) is 0 Å². The first-order valence-corrected chi connectivity index (χ1v) is 17.5. The summed E-state index contributed by atoms with van der Waals surface area (Å²) in [6, 6.07) is 12.6. The summed E-state index contributed by atoms with van der Waals surface area (Å²) in [5, 5.41) is 5.40. The van der Waals surface area contributed by atoms with E-state index in [4.69, 9.17) is 37.2 Å². The van der Waals surface area contributed by atoms with E-state index in [1.54, 1.807) is 44.2 Å². The van der Waals surface area contributed by atoms with Crippen LogP contribution in [0.25, 0.3) is 11.3 Å². The van der Waals surface area contributed by atoms with Crippen molar-refractivity contribution < 1.29 is 32.0 Å². The van der Waals surface area contributed by atoms with Crippen LogP contribution >= 0.6 is 23.2 Å². The average molecular weight is 677 g/mol. The minimum Gasteiger partial charge on any atom is -0.464 e. The Hall–Kier alpha value is -3.12. The van der Waals surface area contributed by atoms with Crippen LogP contribution in [0.1, 0.15) is 67.1 Å². The zero-order chi connectivity index (χ0) is 31.9. The van der Waals surface area contributed by atoms with E-state index in [2.05, 4.69) is 10.1 Å². The molecule has 2 aromatic carbocycles. The highest BCUT2D eigenvalue weighted by molar-refractivity contribution is 7.90. The van der Waals surface area contributed by atoms with Crippen LogP contribution in [0.2, 0.25) is 10.0 Å². The molecule has 3 fully saturated rings. The summed E-state index contributed by atoms with van der Waals surface area (Å²) < 4.78 is 43.9. The van der Waals surface area contributed by atoms with Gasteiger partial charge in [-0.25, -0.2) is 13.1 Å². The molecule has 1 saturated heterocycles. The summed E-state index contributed by atoms with van der Waals surface area (Å²) in [5.74, 6) is -0.541. The second kappa shape index (κ2) is 12.9. The Kier molecular flexibility index (Phi) is 9.16. The number of esters is 1. The molecule has 2 aliphatic carbocycles. The number of halogens is 2. The van der Waals surface area contributed by atoms with Crippen molar-refractivity contribution in [1.82, 2.24) is 9.88 Å². The molecule has 45 heavy (non-hydrogen) atoms. The van der Waals surface area contributed by atoms with Crippen molar-refractivity contribution in [2.24, 2.45) is 11.8 Å². The average Bonchev–Trinajstić information content (AvgIpc) is 3.44. The number of fused-ring (bicyclic) bond motifs is 2. The lowest BCUT2D eigenvalue weighted by Gasteiger charge is -2.33. The van der Waals surface area contributed by atoms with Gasteiger partial charge in [0.1, 0.15) is 23.8 Å². The third-order valence-electron chi connectivity index (χ3n) is 8.66. The highest BCUT2D eigenvalue weighted by Crippen LogP contribution is 2.47. The number of nitrogens with zero attached hydrogens (tertiary/aromatic N) is 2. The fraction of sp³-hybridized carbons (Fsp3) is 0.469. The molecule has 10 nitrogen and oxygen atoms in total. The first kappa shape index (κ1) is 31.8. The highest BCUT2D eigenvalue weighted by atomic mass is 35.5. The number of rotatable bonds is 12. The number of sulfonamides is 1. The van der Waals surface area contributed by atoms with Crippen molar-refractivity contribution >= 4 is 50.8 Å². The molecule has 1 aliphatic heterocycles. The van der Waals surface area contributed by atoms with Crippen molar-refractivity contribution in [3.63, 3.8) is 0 Å². The molecule has 0 unspecified atom stereocenters. The Morgan fingerprint density at radius 1 is 1.09 bits per heavy atom. The van der Waals surface area contributed by atoms with Crippen molar-refractivity contribution in [2.45, 2.75) is 64.2 Å². The number of amides is 1. The van der Waals surface area contributed by atoms with Crippen LogP contribution in [0.5, 0.6) is 0 Å². The summed E-state index contributed by atoms with van der Waals surface area (Å²) in [6.45, 7) is 4.17. The van der Waals surface area contributed by atoms with Gasteiger partial charge in [0.2, 0.25) is 10.0 Å². The highest BCUT2D eigenvalue weighted by Gasteiger charge is 2.46. The van der Waals surface area contributed by atoms with E-state index in [9.17, 15) is 18.0 Å². The molecule has 3 atom stereocenters. The summed E-state index contributed by atoms with van der Waals surface area (Å²) in [4.78, 5) is 26.5. The Morgan fingerprint density at radius 2 is 1.80 bits per heavy atom. The molecule has 3 aromatic rings. The number of hydrogen-bond donors (Lipinski definition) is 1. The van der Waals surface area contributed by atoms with Crippen LogP contribution in [-0.2, 0) is 30.9 Å². The van der Waals surface area contributed by atoms with Crippen LogP contribution in [0.4, 0.5) is 5.69 Å². The van der Waals surface area contributed by atoms with Gasteiger partial charge in [-0.2, -0.15) is 0 Å². The van der Waals surface area contributed by atoms with E-state index in [1.165, 1.54) is 0 Å². The van der Waals surface area contributed by atoms with Gasteiger partial charge < -0.3 is 18.9 Å². The molecular formula is C32H35Cl2N3O7S. The zero-order valence-corrected chi connectivity index (χ0v) is 27.3. The zero-order valence-electron chi connectivity index (χ0n) is 25.0. The van der Waals surface area contributed by atoms with Gasteiger partial charge in [0.15, 0.2) is 0 Å². The third-order valence-corrected chi connectivity index (χ3v) is 10.5. The maximum absolute atomic E-state index is 12.6. The van der Waals surface area contributed by atoms with Gasteiger partial charge in [0, 0.05) is 46.8 Å². The van der Waals surface area contributed by atoms with Gasteiger partial charge >= 0.3 is 5.97 Å². The minimum absolute atomic E-state index is 0.0813. The summed E-state index contributed by atoms with van der Waals surface area (Å²) >= 11 is 13.0. The number of nitrogens with one attached hydrogen (secondary N) is 1. The molecule has 3 aliphatic rings. The van der Waals surface area contributed by atoms with E-state index in [-0.39, 0.29) is 30.2 Å². The second-order valence-corrected chi connectivity index (χ2v) is 14.9. The van der Waals surface area contributed by atoms with Crippen molar-refractivity contribution in [2.75, 3.05) is 23.8 Å². The molecule has 1 N–H and O–H groups in total. The Bertz CT molecular complexity index is 1670. The molecule has 0 radical (unpaired) electrons. The molecule has 0 spiro atoms. The summed E-state index contributed by atoms with van der Waals surface area (Å²) in [7, 11) is -3.96. The lowest BCUT2D eigenvalue weighted by Crippen LogP contribution is -2.38. The maximum atomic E-state index is 12.6. The minimum atomic E-state index is -3.96.